The zero-order valence-corrected chi connectivity index (χ0v) is 11.5. The Kier molecular flexibility index (Phi) is 3.99. The second-order valence-electron chi connectivity index (χ2n) is 5.67. The van der Waals surface area contributed by atoms with Crippen LogP contribution in [0.25, 0.3) is 0 Å². The predicted molar refractivity (Wildman–Crippen MR) is 68.9 cm³/mol. The molecule has 2 N–H and O–H groups in total. The normalized spacial score (nSPS) is 20.0. The zero-order chi connectivity index (χ0) is 13.2. The van der Waals surface area contributed by atoms with Gasteiger partial charge in [-0.25, -0.2) is 0 Å². The van der Waals surface area contributed by atoms with Gasteiger partial charge < -0.3 is 15.2 Å². The van der Waals surface area contributed by atoms with Crippen molar-refractivity contribution >= 4 is 0 Å². The minimum absolute atomic E-state index is 0.541. The first-order chi connectivity index (χ1) is 8.45. The van der Waals surface area contributed by atoms with E-state index >= 15 is 0 Å². The number of aromatic nitrogens is 2. The molecule has 0 amide bonds. The molecule has 102 valence electrons. The van der Waals surface area contributed by atoms with Gasteiger partial charge in [0.25, 0.3) is 0 Å². The SMILES string of the molecule is CN1CCCN(Cc2nc(C(C)(C)N)no2)CC1. The van der Waals surface area contributed by atoms with Crippen molar-refractivity contribution in [3.8, 4) is 0 Å². The van der Waals surface area contributed by atoms with E-state index < -0.39 is 5.54 Å². The van der Waals surface area contributed by atoms with Crippen LogP contribution in [0, 0.1) is 0 Å². The quantitative estimate of drug-likeness (QED) is 0.841. The van der Waals surface area contributed by atoms with Crippen molar-refractivity contribution in [2.75, 3.05) is 33.2 Å². The fourth-order valence-electron chi connectivity index (χ4n) is 2.03. The molecule has 0 saturated carbocycles. The molecule has 1 aromatic heterocycles. The molecule has 0 bridgehead atoms. The van der Waals surface area contributed by atoms with Crippen molar-refractivity contribution < 1.29 is 4.52 Å². The molecule has 0 spiro atoms. The summed E-state index contributed by atoms with van der Waals surface area (Å²) in [6, 6.07) is 0. The number of hydrogen-bond donors (Lipinski definition) is 1. The van der Waals surface area contributed by atoms with E-state index in [1.165, 1.54) is 6.42 Å². The molecule has 0 radical (unpaired) electrons. The minimum atomic E-state index is -0.541. The molecule has 1 aromatic rings. The summed E-state index contributed by atoms with van der Waals surface area (Å²) in [7, 11) is 2.16. The molecular formula is C12H23N5O. The Bertz CT molecular complexity index is 384. The molecule has 0 aliphatic carbocycles. The number of hydrogen-bond acceptors (Lipinski definition) is 6. The molecule has 0 aromatic carbocycles. The van der Waals surface area contributed by atoms with Crippen LogP contribution >= 0.6 is 0 Å². The third-order valence-corrected chi connectivity index (χ3v) is 3.22. The van der Waals surface area contributed by atoms with E-state index in [2.05, 4.69) is 27.0 Å². The van der Waals surface area contributed by atoms with Gasteiger partial charge in [0.15, 0.2) is 5.82 Å². The third kappa shape index (κ3) is 3.51. The largest absolute Gasteiger partial charge is 0.338 e. The zero-order valence-electron chi connectivity index (χ0n) is 11.5. The summed E-state index contributed by atoms with van der Waals surface area (Å²) in [6.07, 6.45) is 1.18. The van der Waals surface area contributed by atoms with Crippen LogP contribution in [0.4, 0.5) is 0 Å². The summed E-state index contributed by atoms with van der Waals surface area (Å²) in [5.74, 6) is 1.23. The molecular weight excluding hydrogens is 230 g/mol. The van der Waals surface area contributed by atoms with E-state index in [9.17, 15) is 0 Å². The molecule has 1 fully saturated rings. The van der Waals surface area contributed by atoms with Gasteiger partial charge in [0.1, 0.15) is 0 Å². The lowest BCUT2D eigenvalue weighted by molar-refractivity contribution is 0.230. The van der Waals surface area contributed by atoms with Crippen molar-refractivity contribution in [2.24, 2.45) is 5.73 Å². The van der Waals surface area contributed by atoms with Gasteiger partial charge >= 0.3 is 0 Å². The first kappa shape index (κ1) is 13.5. The van der Waals surface area contributed by atoms with Gasteiger partial charge in [-0.3, -0.25) is 4.90 Å². The van der Waals surface area contributed by atoms with Gasteiger partial charge in [-0.15, -0.1) is 0 Å². The van der Waals surface area contributed by atoms with Crippen molar-refractivity contribution in [2.45, 2.75) is 32.4 Å². The van der Waals surface area contributed by atoms with E-state index in [-0.39, 0.29) is 0 Å². The second kappa shape index (κ2) is 5.34. The van der Waals surface area contributed by atoms with Crippen LogP contribution in [-0.2, 0) is 12.1 Å². The van der Waals surface area contributed by atoms with Crippen LogP contribution in [0.1, 0.15) is 32.0 Å². The summed E-state index contributed by atoms with van der Waals surface area (Å²) >= 11 is 0. The fourth-order valence-corrected chi connectivity index (χ4v) is 2.03. The fraction of sp³-hybridized carbons (Fsp3) is 0.833. The summed E-state index contributed by atoms with van der Waals surface area (Å²) in [4.78, 5) is 9.07. The summed E-state index contributed by atoms with van der Waals surface area (Å²) in [6.45, 7) is 8.83. The van der Waals surface area contributed by atoms with Gasteiger partial charge in [0, 0.05) is 13.1 Å². The van der Waals surface area contributed by atoms with Crippen molar-refractivity contribution in [1.29, 1.82) is 0 Å². The Morgan fingerprint density at radius 3 is 2.72 bits per heavy atom. The third-order valence-electron chi connectivity index (χ3n) is 3.22. The van der Waals surface area contributed by atoms with Gasteiger partial charge in [-0.2, -0.15) is 4.98 Å². The molecule has 0 atom stereocenters. The van der Waals surface area contributed by atoms with E-state index in [0.717, 1.165) is 32.7 Å². The molecule has 2 heterocycles. The van der Waals surface area contributed by atoms with Crippen molar-refractivity contribution in [3.63, 3.8) is 0 Å². The first-order valence-electron chi connectivity index (χ1n) is 6.48. The van der Waals surface area contributed by atoms with Crippen LogP contribution in [0.15, 0.2) is 4.52 Å². The van der Waals surface area contributed by atoms with Crippen molar-refractivity contribution in [1.82, 2.24) is 19.9 Å². The van der Waals surface area contributed by atoms with E-state index in [0.29, 0.717) is 11.7 Å². The summed E-state index contributed by atoms with van der Waals surface area (Å²) in [5, 5.41) is 3.94. The number of nitrogens with two attached hydrogens (primary N) is 1. The Morgan fingerprint density at radius 2 is 2.06 bits per heavy atom. The number of nitrogens with zero attached hydrogens (tertiary/aromatic N) is 4. The van der Waals surface area contributed by atoms with E-state index in [4.69, 9.17) is 10.3 Å². The molecule has 6 heteroatoms. The highest BCUT2D eigenvalue weighted by molar-refractivity contribution is 4.99. The molecule has 18 heavy (non-hydrogen) atoms. The topological polar surface area (TPSA) is 71.4 Å². The lowest BCUT2D eigenvalue weighted by Gasteiger charge is -2.17. The van der Waals surface area contributed by atoms with Crippen LogP contribution in [0.5, 0.6) is 0 Å². The van der Waals surface area contributed by atoms with Gasteiger partial charge in [-0.1, -0.05) is 5.16 Å². The highest BCUT2D eigenvalue weighted by atomic mass is 16.5. The van der Waals surface area contributed by atoms with E-state index in [1.807, 2.05) is 13.8 Å². The van der Waals surface area contributed by atoms with Crippen LogP contribution in [0.3, 0.4) is 0 Å². The maximum atomic E-state index is 5.94. The van der Waals surface area contributed by atoms with E-state index in [1.54, 1.807) is 0 Å². The van der Waals surface area contributed by atoms with Crippen LogP contribution < -0.4 is 5.73 Å². The summed E-state index contributed by atoms with van der Waals surface area (Å²) < 4.78 is 5.27. The molecule has 1 aliphatic heterocycles. The molecule has 1 aliphatic rings. The Labute approximate surface area is 108 Å². The standard InChI is InChI=1S/C12H23N5O/c1-12(2,13)11-14-10(18-15-11)9-17-6-4-5-16(3)7-8-17/h4-9,13H2,1-3H3. The van der Waals surface area contributed by atoms with Gasteiger partial charge in [-0.05, 0) is 40.4 Å². The second-order valence-corrected chi connectivity index (χ2v) is 5.67. The summed E-state index contributed by atoms with van der Waals surface area (Å²) in [5.41, 5.74) is 5.40. The Morgan fingerprint density at radius 1 is 1.28 bits per heavy atom. The molecule has 0 unspecified atom stereocenters. The average molecular weight is 253 g/mol. The molecule has 2 rings (SSSR count). The maximum Gasteiger partial charge on any atom is 0.240 e. The average Bonchev–Trinajstić information content (AvgIpc) is 2.65. The lowest BCUT2D eigenvalue weighted by atomic mass is 10.1. The molecule has 6 nitrogen and oxygen atoms in total. The minimum Gasteiger partial charge on any atom is -0.338 e. The van der Waals surface area contributed by atoms with Gasteiger partial charge in [0.2, 0.25) is 5.89 Å². The predicted octanol–water partition coefficient (Wildman–Crippen LogP) is 0.401. The maximum absolute atomic E-state index is 5.94. The first-order valence-corrected chi connectivity index (χ1v) is 6.48. The number of rotatable bonds is 3. The Hall–Kier alpha value is -0.980. The lowest BCUT2D eigenvalue weighted by Crippen LogP contribution is -2.30. The monoisotopic (exact) mass is 253 g/mol. The van der Waals surface area contributed by atoms with Gasteiger partial charge in [0.05, 0.1) is 12.1 Å². The molecule has 1 saturated heterocycles. The smallest absolute Gasteiger partial charge is 0.240 e. The highest BCUT2D eigenvalue weighted by Gasteiger charge is 2.22. The van der Waals surface area contributed by atoms with Crippen molar-refractivity contribution in [3.05, 3.63) is 11.7 Å². The van der Waals surface area contributed by atoms with Crippen LogP contribution in [-0.4, -0.2) is 53.2 Å². The number of likely N-dealkylation sites (N-methyl/N-ethyl adjacent to an activating group) is 1. The Balaban J connectivity index is 1.95. The highest BCUT2D eigenvalue weighted by Crippen LogP contribution is 2.14. The van der Waals surface area contributed by atoms with Crippen LogP contribution in [0.2, 0.25) is 0 Å².